The van der Waals surface area contributed by atoms with Crippen molar-refractivity contribution in [2.75, 3.05) is 13.7 Å². The summed E-state index contributed by atoms with van der Waals surface area (Å²) in [4.78, 5) is 20.3. The van der Waals surface area contributed by atoms with Crippen molar-refractivity contribution in [2.45, 2.75) is 25.8 Å². The number of rotatable bonds is 5. The highest BCUT2D eigenvalue weighted by Gasteiger charge is 2.34. The zero-order chi connectivity index (χ0) is 22.1. The number of methoxy groups -OCH3 is 1. The summed E-state index contributed by atoms with van der Waals surface area (Å²) >= 11 is 0. The Morgan fingerprint density at radius 2 is 1.88 bits per heavy atom. The minimum atomic E-state index is -0.166. The number of hydrogen-bond donors (Lipinski definition) is 1. The number of nitrogens with zero attached hydrogens (tertiary/aromatic N) is 6. The van der Waals surface area contributed by atoms with Gasteiger partial charge in [0.1, 0.15) is 5.75 Å². The highest BCUT2D eigenvalue weighted by atomic mass is 16.5. The zero-order valence-electron chi connectivity index (χ0n) is 17.9. The molecule has 2 aromatic carbocycles. The number of aryl methyl sites for hydroxylation is 1. The van der Waals surface area contributed by atoms with Crippen LogP contribution in [0.2, 0.25) is 0 Å². The molecule has 1 unspecified atom stereocenters. The molecule has 0 saturated carbocycles. The van der Waals surface area contributed by atoms with Crippen molar-refractivity contribution in [1.29, 1.82) is 0 Å². The average molecular weight is 429 g/mol. The Hall–Kier alpha value is -4.01. The average Bonchev–Trinajstić information content (AvgIpc) is 3.60. The van der Waals surface area contributed by atoms with E-state index in [4.69, 9.17) is 4.74 Å². The molecule has 3 heterocycles. The van der Waals surface area contributed by atoms with E-state index < -0.39 is 0 Å². The molecule has 1 amide bonds. The van der Waals surface area contributed by atoms with Gasteiger partial charge in [0.25, 0.3) is 5.91 Å². The van der Waals surface area contributed by atoms with Crippen molar-refractivity contribution < 1.29 is 9.53 Å². The molecular weight excluding hydrogens is 406 g/mol. The third-order valence-corrected chi connectivity index (χ3v) is 5.71. The van der Waals surface area contributed by atoms with Crippen molar-refractivity contribution >= 4 is 5.91 Å². The Bertz CT molecular complexity index is 1230. The van der Waals surface area contributed by atoms with Gasteiger partial charge in [-0.05, 0) is 56.2 Å². The van der Waals surface area contributed by atoms with Gasteiger partial charge in [-0.3, -0.25) is 4.79 Å². The quantitative estimate of drug-likeness (QED) is 0.522. The van der Waals surface area contributed by atoms with Gasteiger partial charge in [-0.1, -0.05) is 11.6 Å². The Morgan fingerprint density at radius 1 is 1.09 bits per heavy atom. The first kappa shape index (κ1) is 19.9. The number of H-pyrrole nitrogens is 1. The van der Waals surface area contributed by atoms with Crippen LogP contribution < -0.4 is 4.74 Å². The summed E-state index contributed by atoms with van der Waals surface area (Å²) in [6.07, 6.45) is 4.92. The Labute approximate surface area is 185 Å². The van der Waals surface area contributed by atoms with Gasteiger partial charge in [-0.15, -0.1) is 10.2 Å². The summed E-state index contributed by atoms with van der Waals surface area (Å²) in [5.41, 5.74) is 3.14. The predicted octanol–water partition coefficient (Wildman–Crippen LogP) is 3.35. The van der Waals surface area contributed by atoms with Gasteiger partial charge in [0.15, 0.2) is 11.6 Å². The minimum absolute atomic E-state index is 0.0640. The van der Waals surface area contributed by atoms with Gasteiger partial charge in [-0.25, -0.2) is 0 Å². The van der Waals surface area contributed by atoms with Gasteiger partial charge < -0.3 is 14.6 Å². The highest BCUT2D eigenvalue weighted by molar-refractivity contribution is 5.98. The van der Waals surface area contributed by atoms with Crippen molar-refractivity contribution in [2.24, 2.45) is 0 Å². The van der Waals surface area contributed by atoms with Crippen LogP contribution in [-0.2, 0) is 0 Å². The van der Waals surface area contributed by atoms with Gasteiger partial charge >= 0.3 is 0 Å². The summed E-state index contributed by atoms with van der Waals surface area (Å²) in [7, 11) is 1.63. The van der Waals surface area contributed by atoms with E-state index in [2.05, 4.69) is 25.4 Å². The van der Waals surface area contributed by atoms with Gasteiger partial charge in [0.05, 0.1) is 36.8 Å². The number of hydrogen-bond acceptors (Lipinski definition) is 6. The first-order valence-electron chi connectivity index (χ1n) is 10.5. The molecule has 1 aliphatic rings. The molecule has 4 aromatic rings. The summed E-state index contributed by atoms with van der Waals surface area (Å²) in [5.74, 6) is 2.07. The molecule has 1 aliphatic heterocycles. The zero-order valence-corrected chi connectivity index (χ0v) is 17.9. The lowest BCUT2D eigenvalue weighted by molar-refractivity contribution is 0.0729. The van der Waals surface area contributed by atoms with Crippen LogP contribution in [0.1, 0.15) is 40.6 Å². The molecule has 1 N–H and O–H groups in total. The number of aromatic nitrogens is 6. The van der Waals surface area contributed by atoms with Crippen LogP contribution in [-0.4, -0.2) is 54.6 Å². The molecule has 162 valence electrons. The van der Waals surface area contributed by atoms with E-state index >= 15 is 0 Å². The van der Waals surface area contributed by atoms with Gasteiger partial charge in [0, 0.05) is 12.1 Å². The molecule has 9 heteroatoms. The first-order valence-corrected chi connectivity index (χ1v) is 10.5. The molecule has 2 aromatic heterocycles. The monoisotopic (exact) mass is 429 g/mol. The number of ether oxygens (including phenoxy) is 1. The van der Waals surface area contributed by atoms with Crippen molar-refractivity contribution in [1.82, 2.24) is 35.1 Å². The van der Waals surface area contributed by atoms with E-state index in [0.29, 0.717) is 29.4 Å². The number of amides is 1. The SMILES string of the molecule is COc1ccc(-c2nnc(C3CCCN3C(=O)c3cc(C)ccc3-n3nccn3)[nH]2)cc1. The fourth-order valence-corrected chi connectivity index (χ4v) is 4.09. The number of aromatic amines is 1. The third-order valence-electron chi connectivity index (χ3n) is 5.71. The standard InChI is InChI=1S/C23H23N7O2/c1-15-5-10-19(30-24-11-12-25-30)18(14-15)23(31)29-13-3-4-20(29)22-26-21(27-28-22)16-6-8-17(32-2)9-7-16/h5-12,14,20H,3-4,13H2,1-2H3,(H,26,27,28). The normalized spacial score (nSPS) is 15.8. The van der Waals surface area contributed by atoms with E-state index in [1.165, 1.54) is 4.80 Å². The summed E-state index contributed by atoms with van der Waals surface area (Å²) in [6, 6.07) is 13.2. The van der Waals surface area contributed by atoms with E-state index in [1.807, 2.05) is 54.3 Å². The summed E-state index contributed by atoms with van der Waals surface area (Å²) in [5, 5.41) is 17.1. The van der Waals surface area contributed by atoms with Crippen molar-refractivity contribution in [3.05, 3.63) is 71.8 Å². The topological polar surface area (TPSA) is 102 Å². The number of benzene rings is 2. The van der Waals surface area contributed by atoms with Crippen LogP contribution in [0.15, 0.2) is 54.9 Å². The van der Waals surface area contributed by atoms with Crippen molar-refractivity contribution in [3.8, 4) is 22.8 Å². The second-order valence-corrected chi connectivity index (χ2v) is 7.78. The molecule has 0 bridgehead atoms. The Balaban J connectivity index is 1.44. The second kappa shape index (κ2) is 8.26. The maximum absolute atomic E-state index is 13.6. The molecule has 1 atom stereocenters. The van der Waals surface area contributed by atoms with Gasteiger partial charge in [-0.2, -0.15) is 15.0 Å². The van der Waals surface area contributed by atoms with Crippen LogP contribution in [0.4, 0.5) is 0 Å². The maximum Gasteiger partial charge on any atom is 0.256 e. The third kappa shape index (κ3) is 3.62. The molecule has 5 rings (SSSR count). The van der Waals surface area contributed by atoms with Crippen LogP contribution in [0.5, 0.6) is 5.75 Å². The van der Waals surface area contributed by atoms with E-state index in [-0.39, 0.29) is 11.9 Å². The van der Waals surface area contributed by atoms with Gasteiger partial charge in [0.2, 0.25) is 0 Å². The molecule has 32 heavy (non-hydrogen) atoms. The largest absolute Gasteiger partial charge is 0.497 e. The highest BCUT2D eigenvalue weighted by Crippen LogP contribution is 2.33. The molecule has 0 radical (unpaired) electrons. The number of carbonyl (C=O) groups is 1. The van der Waals surface area contributed by atoms with Crippen LogP contribution >= 0.6 is 0 Å². The van der Waals surface area contributed by atoms with E-state index in [1.54, 1.807) is 19.5 Å². The molecular formula is C23H23N7O2. The van der Waals surface area contributed by atoms with E-state index in [0.717, 1.165) is 29.7 Å². The molecule has 1 saturated heterocycles. The number of carbonyl (C=O) groups excluding carboxylic acids is 1. The van der Waals surface area contributed by atoms with Crippen LogP contribution in [0.25, 0.3) is 17.1 Å². The Kier molecular flexibility index (Phi) is 5.14. The molecule has 1 fully saturated rings. The van der Waals surface area contributed by atoms with E-state index in [9.17, 15) is 4.79 Å². The number of nitrogens with one attached hydrogen (secondary N) is 1. The smallest absolute Gasteiger partial charge is 0.256 e. The lowest BCUT2D eigenvalue weighted by atomic mass is 10.1. The molecule has 9 nitrogen and oxygen atoms in total. The Morgan fingerprint density at radius 3 is 2.62 bits per heavy atom. The summed E-state index contributed by atoms with van der Waals surface area (Å²) in [6.45, 7) is 2.62. The maximum atomic E-state index is 13.6. The lowest BCUT2D eigenvalue weighted by Gasteiger charge is -2.24. The lowest BCUT2D eigenvalue weighted by Crippen LogP contribution is -2.32. The second-order valence-electron chi connectivity index (χ2n) is 7.78. The predicted molar refractivity (Wildman–Crippen MR) is 117 cm³/mol. The fraction of sp³-hybridized carbons (Fsp3) is 0.261. The molecule has 0 spiro atoms. The van der Waals surface area contributed by atoms with Crippen LogP contribution in [0.3, 0.4) is 0 Å². The first-order chi connectivity index (χ1) is 15.6. The van der Waals surface area contributed by atoms with Crippen LogP contribution in [0, 0.1) is 6.92 Å². The fourth-order valence-electron chi connectivity index (χ4n) is 4.09. The number of likely N-dealkylation sites (tertiary alicyclic amines) is 1. The summed E-state index contributed by atoms with van der Waals surface area (Å²) < 4.78 is 5.22. The molecule has 0 aliphatic carbocycles. The minimum Gasteiger partial charge on any atom is -0.497 e. The van der Waals surface area contributed by atoms with Crippen molar-refractivity contribution in [3.63, 3.8) is 0 Å².